The lowest BCUT2D eigenvalue weighted by Gasteiger charge is -1.98. The third-order valence-electron chi connectivity index (χ3n) is 1.90. The quantitative estimate of drug-likeness (QED) is 0.589. The van der Waals surface area contributed by atoms with Crippen LogP contribution >= 0.6 is 0 Å². The fraction of sp³-hybridized carbons (Fsp3) is 0.375. The van der Waals surface area contributed by atoms with Crippen molar-refractivity contribution in [1.29, 1.82) is 0 Å². The molecule has 1 aliphatic rings. The average molecular weight is 150 g/mol. The Bertz CT molecular complexity index is 329. The van der Waals surface area contributed by atoms with E-state index in [0.717, 1.165) is 12.4 Å². The van der Waals surface area contributed by atoms with Gasteiger partial charge in [0.1, 0.15) is 5.82 Å². The molecule has 2 rings (SSSR count). The summed E-state index contributed by atoms with van der Waals surface area (Å²) in [6.07, 6.45) is 0. The summed E-state index contributed by atoms with van der Waals surface area (Å²) < 4.78 is 1.75. The summed E-state index contributed by atoms with van der Waals surface area (Å²) in [5.41, 5.74) is 0.0827. The van der Waals surface area contributed by atoms with Crippen LogP contribution in [0.5, 0.6) is 0 Å². The molecule has 58 valence electrons. The van der Waals surface area contributed by atoms with E-state index in [2.05, 4.69) is 12.2 Å². The molecule has 1 aromatic rings. The van der Waals surface area contributed by atoms with Crippen LogP contribution in [0.15, 0.2) is 23.0 Å². The van der Waals surface area contributed by atoms with Crippen molar-refractivity contribution in [3.8, 4) is 0 Å². The van der Waals surface area contributed by atoms with Gasteiger partial charge < -0.3 is 5.32 Å². The second kappa shape index (κ2) is 2.12. The third-order valence-corrected chi connectivity index (χ3v) is 1.90. The lowest BCUT2D eigenvalue weighted by Crippen LogP contribution is -2.17. The molecule has 1 atom stereocenters. The Labute approximate surface area is 64.7 Å². The molecular formula is C8H10N2O. The highest BCUT2D eigenvalue weighted by atomic mass is 16.1. The van der Waals surface area contributed by atoms with Crippen LogP contribution in [0, 0.1) is 0 Å². The van der Waals surface area contributed by atoms with Gasteiger partial charge in [-0.3, -0.25) is 9.36 Å². The number of aromatic nitrogens is 1. The zero-order chi connectivity index (χ0) is 7.84. The normalized spacial score (nSPS) is 21.0. The van der Waals surface area contributed by atoms with Crippen LogP contribution in [-0.4, -0.2) is 10.6 Å². The monoisotopic (exact) mass is 150 g/mol. The summed E-state index contributed by atoms with van der Waals surface area (Å²) in [6, 6.07) is 5.66. The number of rotatable bonds is 0. The Hall–Kier alpha value is -1.25. The number of nitrogens with zero attached hydrogens (tertiary/aromatic N) is 1. The Morgan fingerprint density at radius 2 is 2.45 bits per heavy atom. The van der Waals surface area contributed by atoms with Gasteiger partial charge >= 0.3 is 0 Å². The smallest absolute Gasteiger partial charge is 0.252 e. The van der Waals surface area contributed by atoms with E-state index in [-0.39, 0.29) is 5.56 Å². The molecule has 0 saturated carbocycles. The molecule has 3 heteroatoms. The van der Waals surface area contributed by atoms with Crippen LogP contribution < -0.4 is 10.9 Å². The minimum Gasteiger partial charge on any atom is -0.367 e. The van der Waals surface area contributed by atoms with Crippen molar-refractivity contribution < 1.29 is 0 Å². The van der Waals surface area contributed by atoms with Crippen molar-refractivity contribution in [2.75, 3.05) is 5.32 Å². The predicted molar refractivity (Wildman–Crippen MR) is 43.8 cm³/mol. The Morgan fingerprint density at radius 1 is 1.64 bits per heavy atom. The maximum atomic E-state index is 11.2. The van der Waals surface area contributed by atoms with Crippen LogP contribution in [-0.2, 0) is 6.54 Å². The molecule has 0 spiro atoms. The van der Waals surface area contributed by atoms with Crippen molar-refractivity contribution in [1.82, 2.24) is 4.57 Å². The van der Waals surface area contributed by atoms with Crippen LogP contribution in [0.1, 0.15) is 6.92 Å². The standard InChI is InChI=1S/C8H10N2O/c1-6-5-10-7(9-6)3-2-4-8(10)11/h2-4,6,9H,5H2,1H3/t6-/m1/s1. The molecule has 1 N–H and O–H groups in total. The highest BCUT2D eigenvalue weighted by Crippen LogP contribution is 2.13. The first-order chi connectivity index (χ1) is 5.27. The lowest BCUT2D eigenvalue weighted by atomic mass is 10.4. The Balaban J connectivity index is 2.58. The summed E-state index contributed by atoms with van der Waals surface area (Å²) in [4.78, 5) is 11.2. The summed E-state index contributed by atoms with van der Waals surface area (Å²) in [5, 5.41) is 3.20. The first-order valence-electron chi connectivity index (χ1n) is 3.74. The van der Waals surface area contributed by atoms with Crippen molar-refractivity contribution in [2.24, 2.45) is 0 Å². The van der Waals surface area contributed by atoms with Gasteiger partial charge in [0.2, 0.25) is 0 Å². The maximum Gasteiger partial charge on any atom is 0.252 e. The highest BCUT2D eigenvalue weighted by Gasteiger charge is 2.15. The minimum atomic E-state index is 0.0827. The van der Waals surface area contributed by atoms with Crippen LogP contribution in [0.3, 0.4) is 0 Å². The van der Waals surface area contributed by atoms with Gasteiger partial charge in [-0.15, -0.1) is 0 Å². The zero-order valence-electron chi connectivity index (χ0n) is 6.37. The van der Waals surface area contributed by atoms with E-state index in [1.807, 2.05) is 6.07 Å². The second-order valence-corrected chi connectivity index (χ2v) is 2.91. The van der Waals surface area contributed by atoms with E-state index in [9.17, 15) is 4.79 Å². The number of pyridine rings is 1. The Morgan fingerprint density at radius 3 is 3.18 bits per heavy atom. The molecule has 0 aliphatic carbocycles. The molecule has 0 fully saturated rings. The molecule has 11 heavy (non-hydrogen) atoms. The van der Waals surface area contributed by atoms with Gasteiger partial charge in [-0.2, -0.15) is 0 Å². The molecule has 0 aromatic carbocycles. The molecule has 0 radical (unpaired) electrons. The van der Waals surface area contributed by atoms with Gasteiger partial charge in [0.05, 0.1) is 0 Å². The summed E-state index contributed by atoms with van der Waals surface area (Å²) in [7, 11) is 0. The van der Waals surface area contributed by atoms with Gasteiger partial charge in [0.25, 0.3) is 5.56 Å². The summed E-state index contributed by atoms with van der Waals surface area (Å²) >= 11 is 0. The molecule has 0 saturated heterocycles. The molecule has 1 aliphatic heterocycles. The van der Waals surface area contributed by atoms with Crippen LogP contribution in [0.25, 0.3) is 0 Å². The average Bonchev–Trinajstić information content (AvgIpc) is 2.31. The van der Waals surface area contributed by atoms with E-state index in [1.165, 1.54) is 0 Å². The van der Waals surface area contributed by atoms with Gasteiger partial charge in [0.15, 0.2) is 0 Å². The van der Waals surface area contributed by atoms with E-state index in [0.29, 0.717) is 6.04 Å². The fourth-order valence-electron chi connectivity index (χ4n) is 1.41. The van der Waals surface area contributed by atoms with Crippen molar-refractivity contribution in [3.63, 3.8) is 0 Å². The third kappa shape index (κ3) is 0.926. The largest absolute Gasteiger partial charge is 0.367 e. The van der Waals surface area contributed by atoms with Crippen LogP contribution in [0.2, 0.25) is 0 Å². The second-order valence-electron chi connectivity index (χ2n) is 2.91. The molecular weight excluding hydrogens is 140 g/mol. The minimum absolute atomic E-state index is 0.0827. The molecule has 2 heterocycles. The van der Waals surface area contributed by atoms with E-state index in [4.69, 9.17) is 0 Å². The van der Waals surface area contributed by atoms with Crippen molar-refractivity contribution in [2.45, 2.75) is 19.5 Å². The number of hydrogen-bond donors (Lipinski definition) is 1. The van der Waals surface area contributed by atoms with Gasteiger partial charge in [-0.25, -0.2) is 0 Å². The number of hydrogen-bond acceptors (Lipinski definition) is 2. The molecule has 3 nitrogen and oxygen atoms in total. The number of nitrogens with one attached hydrogen (secondary N) is 1. The SMILES string of the molecule is C[C@@H]1Cn2c(cccc2=O)N1. The van der Waals surface area contributed by atoms with Gasteiger partial charge in [-0.1, -0.05) is 6.07 Å². The van der Waals surface area contributed by atoms with E-state index in [1.54, 1.807) is 16.7 Å². The maximum absolute atomic E-state index is 11.2. The summed E-state index contributed by atoms with van der Waals surface area (Å²) in [5.74, 6) is 0.935. The summed E-state index contributed by atoms with van der Waals surface area (Å²) in [6.45, 7) is 2.85. The topological polar surface area (TPSA) is 34.0 Å². The van der Waals surface area contributed by atoms with Crippen molar-refractivity contribution >= 4 is 5.82 Å². The lowest BCUT2D eigenvalue weighted by molar-refractivity contribution is 0.676. The van der Waals surface area contributed by atoms with Crippen LogP contribution in [0.4, 0.5) is 5.82 Å². The van der Waals surface area contributed by atoms with E-state index < -0.39 is 0 Å². The highest BCUT2D eigenvalue weighted by molar-refractivity contribution is 5.39. The van der Waals surface area contributed by atoms with Gasteiger partial charge in [-0.05, 0) is 13.0 Å². The van der Waals surface area contributed by atoms with E-state index >= 15 is 0 Å². The number of fused-ring (bicyclic) bond motifs is 1. The first-order valence-corrected chi connectivity index (χ1v) is 3.74. The number of anilines is 1. The molecule has 1 aromatic heterocycles. The van der Waals surface area contributed by atoms with Crippen molar-refractivity contribution in [3.05, 3.63) is 28.6 Å². The zero-order valence-corrected chi connectivity index (χ0v) is 6.37. The molecule has 0 unspecified atom stereocenters. The fourth-order valence-corrected chi connectivity index (χ4v) is 1.41. The van der Waals surface area contributed by atoms with Gasteiger partial charge in [0, 0.05) is 18.7 Å². The first kappa shape index (κ1) is 6.46. The predicted octanol–water partition coefficient (Wildman–Crippen LogP) is 0.662. The molecule has 0 amide bonds. The molecule has 0 bridgehead atoms. The Kier molecular flexibility index (Phi) is 1.24.